The van der Waals surface area contributed by atoms with Crippen LogP contribution in [0.25, 0.3) is 22.8 Å². The molecule has 0 fully saturated rings. The molecular formula is C18H16N6OS. The van der Waals surface area contributed by atoms with Gasteiger partial charge in [0.1, 0.15) is 0 Å². The molecule has 0 aliphatic heterocycles. The Morgan fingerprint density at radius 1 is 0.923 bits per heavy atom. The second-order valence-electron chi connectivity index (χ2n) is 5.67. The topological polar surface area (TPSA) is 82.5 Å². The third kappa shape index (κ3) is 3.23. The molecule has 3 heterocycles. The molecule has 130 valence electrons. The van der Waals surface area contributed by atoms with Crippen molar-refractivity contribution < 1.29 is 4.42 Å². The lowest BCUT2D eigenvalue weighted by atomic mass is 10.2. The third-order valence-corrected chi connectivity index (χ3v) is 4.99. The monoisotopic (exact) mass is 364 g/mol. The van der Waals surface area contributed by atoms with Crippen LogP contribution in [0.15, 0.2) is 64.4 Å². The van der Waals surface area contributed by atoms with Crippen molar-refractivity contribution in [3.63, 3.8) is 0 Å². The van der Waals surface area contributed by atoms with Gasteiger partial charge in [-0.25, -0.2) is 0 Å². The lowest BCUT2D eigenvalue weighted by Crippen LogP contribution is -1.97. The summed E-state index contributed by atoms with van der Waals surface area (Å²) >= 11 is 1.52. The van der Waals surface area contributed by atoms with Gasteiger partial charge in [-0.2, -0.15) is 0 Å². The highest BCUT2D eigenvalue weighted by Gasteiger charge is 2.20. The molecule has 0 aliphatic carbocycles. The largest absolute Gasteiger partial charge is 0.419 e. The Hall–Kier alpha value is -3.00. The maximum atomic E-state index is 5.83. The number of hydrogen-bond acceptors (Lipinski definition) is 7. The van der Waals surface area contributed by atoms with Crippen molar-refractivity contribution in [1.29, 1.82) is 0 Å². The molecule has 0 radical (unpaired) electrons. The molecule has 0 saturated heterocycles. The third-order valence-electron chi connectivity index (χ3n) is 3.86. The second kappa shape index (κ2) is 7.09. The first-order valence-corrected chi connectivity index (χ1v) is 8.95. The van der Waals surface area contributed by atoms with Crippen molar-refractivity contribution in [2.45, 2.75) is 17.3 Å². The number of aromatic nitrogens is 6. The van der Waals surface area contributed by atoms with Gasteiger partial charge in [0, 0.05) is 30.6 Å². The van der Waals surface area contributed by atoms with Crippen LogP contribution in [0.1, 0.15) is 18.1 Å². The van der Waals surface area contributed by atoms with E-state index in [0.29, 0.717) is 11.8 Å². The molecule has 0 bridgehead atoms. The zero-order chi connectivity index (χ0) is 17.9. The van der Waals surface area contributed by atoms with E-state index >= 15 is 0 Å². The molecule has 8 heteroatoms. The number of benzene rings is 1. The van der Waals surface area contributed by atoms with E-state index in [0.717, 1.165) is 22.1 Å². The first kappa shape index (κ1) is 16.5. The van der Waals surface area contributed by atoms with Crippen molar-refractivity contribution in [3.8, 4) is 22.8 Å². The van der Waals surface area contributed by atoms with Crippen LogP contribution in [0.2, 0.25) is 0 Å². The number of hydrogen-bond donors (Lipinski definition) is 0. The Labute approximate surface area is 154 Å². The number of thioether (sulfide) groups is 1. The van der Waals surface area contributed by atoms with Crippen LogP contribution >= 0.6 is 11.8 Å². The molecule has 0 amide bonds. The van der Waals surface area contributed by atoms with Crippen molar-refractivity contribution in [3.05, 3.63) is 60.7 Å². The van der Waals surface area contributed by atoms with Crippen LogP contribution in [0, 0.1) is 0 Å². The summed E-state index contributed by atoms with van der Waals surface area (Å²) < 4.78 is 7.78. The van der Waals surface area contributed by atoms with Crippen LogP contribution < -0.4 is 0 Å². The molecule has 0 spiro atoms. The predicted octanol–water partition coefficient (Wildman–Crippen LogP) is 3.78. The van der Waals surface area contributed by atoms with Gasteiger partial charge in [-0.3, -0.25) is 4.98 Å². The van der Waals surface area contributed by atoms with Crippen LogP contribution in [-0.4, -0.2) is 29.9 Å². The molecule has 7 nitrogen and oxygen atoms in total. The van der Waals surface area contributed by atoms with Gasteiger partial charge in [0.05, 0.1) is 5.25 Å². The van der Waals surface area contributed by atoms with E-state index in [1.54, 1.807) is 12.4 Å². The average Bonchev–Trinajstić information content (AvgIpc) is 3.31. The maximum absolute atomic E-state index is 5.83. The summed E-state index contributed by atoms with van der Waals surface area (Å²) in [5, 5.41) is 17.6. The van der Waals surface area contributed by atoms with Crippen molar-refractivity contribution in [2.75, 3.05) is 0 Å². The number of rotatable bonds is 5. The van der Waals surface area contributed by atoms with Crippen molar-refractivity contribution >= 4 is 11.8 Å². The van der Waals surface area contributed by atoms with E-state index in [2.05, 4.69) is 25.4 Å². The van der Waals surface area contributed by atoms with E-state index in [1.807, 2.05) is 61.0 Å². The average molecular weight is 364 g/mol. The molecule has 26 heavy (non-hydrogen) atoms. The minimum Gasteiger partial charge on any atom is -0.419 e. The number of nitrogens with zero attached hydrogens (tertiary/aromatic N) is 6. The summed E-state index contributed by atoms with van der Waals surface area (Å²) in [5.74, 6) is 1.86. The van der Waals surface area contributed by atoms with E-state index in [1.165, 1.54) is 11.8 Å². The second-order valence-corrected chi connectivity index (χ2v) is 6.98. The van der Waals surface area contributed by atoms with E-state index in [4.69, 9.17) is 4.42 Å². The molecule has 0 N–H and O–H groups in total. The Kier molecular flexibility index (Phi) is 4.49. The molecule has 0 saturated carbocycles. The molecule has 4 aromatic rings. The molecule has 0 aliphatic rings. The highest BCUT2D eigenvalue weighted by molar-refractivity contribution is 7.99. The lowest BCUT2D eigenvalue weighted by molar-refractivity contribution is 0.508. The van der Waals surface area contributed by atoms with Crippen LogP contribution in [-0.2, 0) is 7.05 Å². The Morgan fingerprint density at radius 2 is 1.69 bits per heavy atom. The molecule has 4 rings (SSSR count). The highest BCUT2D eigenvalue weighted by Crippen LogP contribution is 2.35. The highest BCUT2D eigenvalue weighted by atomic mass is 32.2. The summed E-state index contributed by atoms with van der Waals surface area (Å²) in [6.45, 7) is 2.01. The first-order chi connectivity index (χ1) is 12.7. The van der Waals surface area contributed by atoms with Crippen LogP contribution in [0.3, 0.4) is 0 Å². The fraction of sp³-hybridized carbons (Fsp3) is 0.167. The Morgan fingerprint density at radius 3 is 2.46 bits per heavy atom. The Balaban J connectivity index is 1.53. The van der Waals surface area contributed by atoms with Crippen molar-refractivity contribution in [2.24, 2.45) is 7.05 Å². The van der Waals surface area contributed by atoms with Gasteiger partial charge in [-0.1, -0.05) is 30.0 Å². The summed E-state index contributed by atoms with van der Waals surface area (Å²) in [6, 6.07) is 13.5. The maximum Gasteiger partial charge on any atom is 0.247 e. The standard InChI is InChI=1S/C18H16N6OS/c1-12(16-21-22-17(25-16)14-6-4-3-5-7-14)26-18-23-20-15(24(18)2)13-8-10-19-11-9-13/h3-12H,1-2H3. The predicted molar refractivity (Wildman–Crippen MR) is 98.2 cm³/mol. The van der Waals surface area contributed by atoms with Gasteiger partial charge < -0.3 is 8.98 Å². The van der Waals surface area contributed by atoms with Gasteiger partial charge in [0.25, 0.3) is 0 Å². The van der Waals surface area contributed by atoms with Gasteiger partial charge in [-0.15, -0.1) is 20.4 Å². The summed E-state index contributed by atoms with van der Waals surface area (Å²) in [6.07, 6.45) is 3.48. The van der Waals surface area contributed by atoms with Crippen molar-refractivity contribution in [1.82, 2.24) is 29.9 Å². The van der Waals surface area contributed by atoms with Crippen LogP contribution in [0.5, 0.6) is 0 Å². The van der Waals surface area contributed by atoms with Gasteiger partial charge in [-0.05, 0) is 31.2 Å². The zero-order valence-electron chi connectivity index (χ0n) is 14.3. The fourth-order valence-corrected chi connectivity index (χ4v) is 3.32. The summed E-state index contributed by atoms with van der Waals surface area (Å²) in [7, 11) is 1.94. The first-order valence-electron chi connectivity index (χ1n) is 8.07. The van der Waals surface area contributed by atoms with Gasteiger partial charge in [0.15, 0.2) is 11.0 Å². The van der Waals surface area contributed by atoms with Crippen LogP contribution in [0.4, 0.5) is 0 Å². The summed E-state index contributed by atoms with van der Waals surface area (Å²) in [4.78, 5) is 4.03. The molecule has 3 aromatic heterocycles. The minimum atomic E-state index is -0.0480. The van der Waals surface area contributed by atoms with E-state index < -0.39 is 0 Å². The quantitative estimate of drug-likeness (QED) is 0.498. The van der Waals surface area contributed by atoms with E-state index in [-0.39, 0.29) is 5.25 Å². The fourth-order valence-electron chi connectivity index (χ4n) is 2.47. The minimum absolute atomic E-state index is 0.0480. The van der Waals surface area contributed by atoms with E-state index in [9.17, 15) is 0 Å². The molecule has 1 aromatic carbocycles. The Bertz CT molecular complexity index is 999. The lowest BCUT2D eigenvalue weighted by Gasteiger charge is -2.07. The molecular weight excluding hydrogens is 348 g/mol. The number of pyridine rings is 1. The molecule has 1 unspecified atom stereocenters. The SMILES string of the molecule is CC(Sc1nnc(-c2ccncc2)n1C)c1nnc(-c2ccccc2)o1. The molecule has 1 atom stereocenters. The smallest absolute Gasteiger partial charge is 0.247 e. The normalized spacial score (nSPS) is 12.2. The van der Waals surface area contributed by atoms with Gasteiger partial charge >= 0.3 is 0 Å². The zero-order valence-corrected chi connectivity index (χ0v) is 15.1. The summed E-state index contributed by atoms with van der Waals surface area (Å²) in [5.41, 5.74) is 1.88. The van der Waals surface area contributed by atoms with Gasteiger partial charge in [0.2, 0.25) is 11.8 Å².